The molecule has 0 unspecified atom stereocenters. The quantitative estimate of drug-likeness (QED) is 0.885. The highest BCUT2D eigenvalue weighted by Crippen LogP contribution is 2.20. The van der Waals surface area contributed by atoms with Gasteiger partial charge in [-0.1, -0.05) is 30.3 Å². The zero-order chi connectivity index (χ0) is 14.5. The Morgan fingerprint density at radius 2 is 2.15 bits per heavy atom. The number of rotatable bonds is 5. The third-order valence-electron chi connectivity index (χ3n) is 3.98. The highest BCUT2D eigenvalue weighted by Gasteiger charge is 2.27. The molecule has 4 heteroatoms. The van der Waals surface area contributed by atoms with Crippen molar-refractivity contribution in [1.82, 2.24) is 9.80 Å². The van der Waals surface area contributed by atoms with Crippen molar-refractivity contribution in [3.63, 3.8) is 0 Å². The summed E-state index contributed by atoms with van der Waals surface area (Å²) in [6.07, 6.45) is 2.36. The number of hydrogen-bond acceptors (Lipinski definition) is 3. The summed E-state index contributed by atoms with van der Waals surface area (Å²) >= 11 is 0. The van der Waals surface area contributed by atoms with Crippen molar-refractivity contribution >= 4 is 5.91 Å². The van der Waals surface area contributed by atoms with E-state index in [1.165, 1.54) is 12.0 Å². The maximum absolute atomic E-state index is 11.9. The average molecular weight is 275 g/mol. The van der Waals surface area contributed by atoms with E-state index in [0.717, 1.165) is 26.1 Å². The molecule has 2 atom stereocenters. The molecule has 0 radical (unpaired) electrons. The molecule has 4 nitrogen and oxygen atoms in total. The van der Waals surface area contributed by atoms with E-state index < -0.39 is 6.04 Å². The van der Waals surface area contributed by atoms with Crippen LogP contribution in [0.5, 0.6) is 0 Å². The molecule has 1 saturated heterocycles. The van der Waals surface area contributed by atoms with Crippen LogP contribution in [-0.4, -0.2) is 47.9 Å². The number of carbonyl (C=O) groups is 1. The Hall–Kier alpha value is -1.39. The summed E-state index contributed by atoms with van der Waals surface area (Å²) in [6, 6.07) is 10.5. The largest absolute Gasteiger partial charge is 0.343 e. The molecular weight excluding hydrogens is 250 g/mol. The topological polar surface area (TPSA) is 49.6 Å². The molecule has 1 amide bonds. The summed E-state index contributed by atoms with van der Waals surface area (Å²) < 4.78 is 0. The first-order chi connectivity index (χ1) is 9.58. The lowest BCUT2D eigenvalue weighted by molar-refractivity contribution is -0.131. The van der Waals surface area contributed by atoms with Crippen LogP contribution >= 0.6 is 0 Å². The minimum atomic E-state index is -0.413. The fourth-order valence-electron chi connectivity index (χ4n) is 2.88. The lowest BCUT2D eigenvalue weighted by Gasteiger charge is -2.29. The minimum Gasteiger partial charge on any atom is -0.343 e. The Kier molecular flexibility index (Phi) is 5.15. The highest BCUT2D eigenvalue weighted by molar-refractivity contribution is 5.80. The van der Waals surface area contributed by atoms with E-state index in [-0.39, 0.29) is 5.91 Å². The first-order valence-electron chi connectivity index (χ1n) is 7.36. The normalized spacial score (nSPS) is 20.9. The number of likely N-dealkylation sites (tertiary alicyclic amines) is 1. The zero-order valence-corrected chi connectivity index (χ0v) is 12.5. The molecule has 1 aromatic carbocycles. The standard InChI is InChI=1S/C16H25N3O/c1-13(17)16(20)18(2)12-15-9-6-10-19(15)11-14-7-4-3-5-8-14/h3-5,7-8,13,15H,6,9-12,17H2,1-2H3/t13-,15+/m0/s1. The van der Waals surface area contributed by atoms with Crippen molar-refractivity contribution in [2.45, 2.75) is 38.4 Å². The second-order valence-electron chi connectivity index (χ2n) is 5.76. The predicted molar refractivity (Wildman–Crippen MR) is 81.2 cm³/mol. The van der Waals surface area contributed by atoms with Crippen molar-refractivity contribution < 1.29 is 4.79 Å². The van der Waals surface area contributed by atoms with Crippen molar-refractivity contribution in [3.8, 4) is 0 Å². The second-order valence-corrected chi connectivity index (χ2v) is 5.76. The number of benzene rings is 1. The highest BCUT2D eigenvalue weighted by atomic mass is 16.2. The van der Waals surface area contributed by atoms with E-state index >= 15 is 0 Å². The van der Waals surface area contributed by atoms with Gasteiger partial charge < -0.3 is 10.6 Å². The Bertz CT molecular complexity index is 433. The van der Waals surface area contributed by atoms with Gasteiger partial charge in [0.1, 0.15) is 0 Å². The predicted octanol–water partition coefficient (Wildman–Crippen LogP) is 1.46. The molecule has 2 N–H and O–H groups in total. The van der Waals surface area contributed by atoms with Gasteiger partial charge in [0, 0.05) is 26.2 Å². The zero-order valence-electron chi connectivity index (χ0n) is 12.5. The smallest absolute Gasteiger partial charge is 0.238 e. The minimum absolute atomic E-state index is 0.0246. The van der Waals surface area contributed by atoms with Gasteiger partial charge in [-0.15, -0.1) is 0 Å². The third kappa shape index (κ3) is 3.81. The number of nitrogens with zero attached hydrogens (tertiary/aromatic N) is 2. The number of hydrogen-bond donors (Lipinski definition) is 1. The molecule has 0 aliphatic carbocycles. The molecule has 0 spiro atoms. The van der Waals surface area contributed by atoms with Crippen molar-refractivity contribution in [1.29, 1.82) is 0 Å². The molecule has 0 bridgehead atoms. The van der Waals surface area contributed by atoms with Gasteiger partial charge in [-0.25, -0.2) is 0 Å². The fraction of sp³-hybridized carbons (Fsp3) is 0.562. The number of carbonyl (C=O) groups excluding carboxylic acids is 1. The first-order valence-corrected chi connectivity index (χ1v) is 7.36. The van der Waals surface area contributed by atoms with E-state index in [9.17, 15) is 4.79 Å². The monoisotopic (exact) mass is 275 g/mol. The first kappa shape index (κ1) is 15.0. The molecular formula is C16H25N3O. The number of amides is 1. The van der Waals surface area contributed by atoms with Crippen LogP contribution in [0.25, 0.3) is 0 Å². The van der Waals surface area contributed by atoms with Gasteiger partial charge >= 0.3 is 0 Å². The maximum atomic E-state index is 11.9. The van der Waals surface area contributed by atoms with E-state index in [0.29, 0.717) is 6.04 Å². The summed E-state index contributed by atoms with van der Waals surface area (Å²) in [5.41, 5.74) is 7.00. The molecule has 0 saturated carbocycles. The molecule has 1 heterocycles. The van der Waals surface area contributed by atoms with Gasteiger partial charge in [-0.05, 0) is 31.9 Å². The van der Waals surface area contributed by atoms with Crippen molar-refractivity contribution in [2.75, 3.05) is 20.1 Å². The maximum Gasteiger partial charge on any atom is 0.238 e. The van der Waals surface area contributed by atoms with Crippen molar-refractivity contribution in [2.24, 2.45) is 5.73 Å². The Morgan fingerprint density at radius 3 is 2.80 bits per heavy atom. The SMILES string of the molecule is C[C@H](N)C(=O)N(C)C[C@H]1CCCN1Cc1ccccc1. The fourth-order valence-corrected chi connectivity index (χ4v) is 2.88. The Labute approximate surface area is 121 Å². The van der Waals surface area contributed by atoms with Gasteiger partial charge in [0.2, 0.25) is 5.91 Å². The van der Waals surface area contributed by atoms with Crippen LogP contribution in [0.15, 0.2) is 30.3 Å². The van der Waals surface area contributed by atoms with E-state index in [1.807, 2.05) is 13.1 Å². The summed E-state index contributed by atoms with van der Waals surface area (Å²) in [6.45, 7) is 4.59. The molecule has 2 rings (SSSR count). The van der Waals surface area contributed by atoms with Crippen LogP contribution in [-0.2, 0) is 11.3 Å². The van der Waals surface area contributed by atoms with E-state index in [4.69, 9.17) is 5.73 Å². The molecule has 1 fully saturated rings. The van der Waals surface area contributed by atoms with Crippen LogP contribution in [0.3, 0.4) is 0 Å². The average Bonchev–Trinajstić information content (AvgIpc) is 2.86. The molecule has 1 aromatic rings. The van der Waals surface area contributed by atoms with E-state index in [1.54, 1.807) is 11.8 Å². The van der Waals surface area contributed by atoms with Crippen LogP contribution in [0.2, 0.25) is 0 Å². The van der Waals surface area contributed by atoms with Crippen molar-refractivity contribution in [3.05, 3.63) is 35.9 Å². The number of likely N-dealkylation sites (N-methyl/N-ethyl adjacent to an activating group) is 1. The summed E-state index contributed by atoms with van der Waals surface area (Å²) in [5.74, 6) is 0.0246. The summed E-state index contributed by atoms with van der Waals surface area (Å²) in [7, 11) is 1.85. The van der Waals surface area contributed by atoms with Gasteiger partial charge in [0.05, 0.1) is 6.04 Å². The third-order valence-corrected chi connectivity index (χ3v) is 3.98. The number of nitrogens with two attached hydrogens (primary N) is 1. The lowest BCUT2D eigenvalue weighted by Crippen LogP contribution is -2.46. The van der Waals surface area contributed by atoms with Crippen LogP contribution < -0.4 is 5.73 Å². The van der Waals surface area contributed by atoms with Gasteiger partial charge in [-0.3, -0.25) is 9.69 Å². The van der Waals surface area contributed by atoms with Crippen LogP contribution in [0, 0.1) is 0 Å². The molecule has 110 valence electrons. The Morgan fingerprint density at radius 1 is 1.45 bits per heavy atom. The van der Waals surface area contributed by atoms with Gasteiger partial charge in [-0.2, -0.15) is 0 Å². The molecule has 1 aliphatic heterocycles. The summed E-state index contributed by atoms with van der Waals surface area (Å²) in [5, 5.41) is 0. The van der Waals surface area contributed by atoms with Crippen LogP contribution in [0.1, 0.15) is 25.3 Å². The molecule has 20 heavy (non-hydrogen) atoms. The lowest BCUT2D eigenvalue weighted by atomic mass is 10.1. The molecule has 1 aliphatic rings. The van der Waals surface area contributed by atoms with Gasteiger partial charge in [0.15, 0.2) is 0 Å². The molecule has 0 aromatic heterocycles. The van der Waals surface area contributed by atoms with E-state index in [2.05, 4.69) is 29.2 Å². The summed E-state index contributed by atoms with van der Waals surface area (Å²) in [4.78, 5) is 16.1. The Balaban J connectivity index is 1.92. The van der Waals surface area contributed by atoms with Gasteiger partial charge in [0.25, 0.3) is 0 Å². The second kappa shape index (κ2) is 6.86. The van der Waals surface area contributed by atoms with Crippen LogP contribution in [0.4, 0.5) is 0 Å².